The van der Waals surface area contributed by atoms with E-state index in [4.69, 9.17) is 0 Å². The topological polar surface area (TPSA) is 15.8 Å². The molecule has 2 rings (SSSR count). The van der Waals surface area contributed by atoms with Gasteiger partial charge in [-0.15, -0.1) is 0 Å². The highest BCUT2D eigenvalue weighted by Crippen LogP contribution is 2.28. The van der Waals surface area contributed by atoms with E-state index in [2.05, 4.69) is 49.3 Å². The molecule has 1 heteroatoms. The van der Waals surface area contributed by atoms with Gasteiger partial charge in [0.05, 0.1) is 0 Å². The van der Waals surface area contributed by atoms with Gasteiger partial charge >= 0.3 is 0 Å². The summed E-state index contributed by atoms with van der Waals surface area (Å²) >= 11 is 0. The molecule has 1 nitrogen and oxygen atoms in total. The van der Waals surface area contributed by atoms with Crippen molar-refractivity contribution in [1.82, 2.24) is 4.98 Å². The zero-order valence-corrected chi connectivity index (χ0v) is 8.88. The Balaban J connectivity index is 2.37. The highest BCUT2D eigenvalue weighted by Gasteiger charge is 2.14. The fraction of sp³-hybridized carbons (Fsp3) is 0.385. The monoisotopic (exact) mass is 187 g/mol. The maximum Gasteiger partial charge on any atom is 0.0222 e. The molecular weight excluding hydrogens is 170 g/mol. The fourth-order valence-electron chi connectivity index (χ4n) is 2.18. The van der Waals surface area contributed by atoms with Crippen LogP contribution >= 0.6 is 0 Å². The summed E-state index contributed by atoms with van der Waals surface area (Å²) in [5, 5.41) is 0. The van der Waals surface area contributed by atoms with Crippen molar-refractivity contribution < 1.29 is 0 Å². The zero-order valence-electron chi connectivity index (χ0n) is 8.88. The van der Waals surface area contributed by atoms with Crippen LogP contribution in [0.5, 0.6) is 0 Å². The van der Waals surface area contributed by atoms with Crippen molar-refractivity contribution in [2.24, 2.45) is 0 Å². The Hall–Kier alpha value is -1.24. The maximum atomic E-state index is 3.38. The number of H-pyrrole nitrogens is 1. The highest BCUT2D eigenvalue weighted by molar-refractivity contribution is 5.41. The zero-order chi connectivity index (χ0) is 9.97. The molecule has 0 saturated heterocycles. The average molecular weight is 187 g/mol. The normalized spacial score (nSPS) is 15.6. The summed E-state index contributed by atoms with van der Waals surface area (Å²) in [6.07, 6.45) is 13.2. The van der Waals surface area contributed by atoms with E-state index >= 15 is 0 Å². The molecule has 0 radical (unpaired) electrons. The minimum absolute atomic E-state index is 0.501. The molecule has 1 aromatic rings. The number of aromatic nitrogens is 1. The summed E-state index contributed by atoms with van der Waals surface area (Å²) in [4.78, 5) is 3.38. The molecule has 0 atom stereocenters. The van der Waals surface area contributed by atoms with Crippen molar-refractivity contribution in [3.05, 3.63) is 47.3 Å². The Bertz CT molecular complexity index is 357. The van der Waals surface area contributed by atoms with Crippen molar-refractivity contribution in [3.8, 4) is 0 Å². The quantitative estimate of drug-likeness (QED) is 0.747. The van der Waals surface area contributed by atoms with Crippen LogP contribution in [0.25, 0.3) is 0 Å². The number of allylic oxidation sites excluding steroid dienone is 4. The first-order valence-corrected chi connectivity index (χ1v) is 5.40. The summed E-state index contributed by atoms with van der Waals surface area (Å²) in [6, 6.07) is 0. The van der Waals surface area contributed by atoms with Gasteiger partial charge in [0, 0.05) is 17.8 Å². The van der Waals surface area contributed by atoms with Crippen LogP contribution in [0, 0.1) is 0 Å². The Morgan fingerprint density at radius 2 is 1.86 bits per heavy atom. The minimum Gasteiger partial charge on any atom is -0.364 e. The van der Waals surface area contributed by atoms with E-state index in [1.165, 1.54) is 16.8 Å². The molecule has 14 heavy (non-hydrogen) atoms. The molecule has 1 aliphatic carbocycles. The van der Waals surface area contributed by atoms with Crippen LogP contribution in [0.2, 0.25) is 0 Å². The van der Waals surface area contributed by atoms with E-state index in [1.54, 1.807) is 0 Å². The van der Waals surface area contributed by atoms with Gasteiger partial charge in [-0.25, -0.2) is 0 Å². The molecule has 0 amide bonds. The first-order chi connectivity index (χ1) is 6.86. The van der Waals surface area contributed by atoms with E-state index in [1.807, 2.05) is 0 Å². The third-order valence-electron chi connectivity index (χ3n) is 2.93. The Morgan fingerprint density at radius 1 is 1.14 bits per heavy atom. The van der Waals surface area contributed by atoms with E-state index in [9.17, 15) is 0 Å². The Labute approximate surface area is 85.5 Å². The molecule has 0 fully saturated rings. The Kier molecular flexibility index (Phi) is 2.58. The Morgan fingerprint density at radius 3 is 2.43 bits per heavy atom. The van der Waals surface area contributed by atoms with Gasteiger partial charge in [0.2, 0.25) is 0 Å². The number of aromatic amines is 1. The first kappa shape index (κ1) is 9.32. The van der Waals surface area contributed by atoms with E-state index in [0.29, 0.717) is 5.92 Å². The van der Waals surface area contributed by atoms with Gasteiger partial charge < -0.3 is 4.98 Å². The number of hydrogen-bond acceptors (Lipinski definition) is 0. The fourth-order valence-corrected chi connectivity index (χ4v) is 2.18. The number of aryl methyl sites for hydroxylation is 1. The molecule has 0 saturated carbocycles. The lowest BCUT2D eigenvalue weighted by molar-refractivity contribution is 0.979. The lowest BCUT2D eigenvalue weighted by Crippen LogP contribution is -1.94. The third-order valence-corrected chi connectivity index (χ3v) is 2.93. The second kappa shape index (κ2) is 3.87. The molecule has 0 aromatic carbocycles. The summed E-state index contributed by atoms with van der Waals surface area (Å²) in [5.74, 6) is 0.501. The average Bonchev–Trinajstić information content (AvgIpc) is 2.85. The van der Waals surface area contributed by atoms with Crippen molar-refractivity contribution in [3.63, 3.8) is 0 Å². The number of rotatable bonds is 3. The van der Waals surface area contributed by atoms with Crippen molar-refractivity contribution in [1.29, 1.82) is 0 Å². The molecule has 0 aliphatic heterocycles. The highest BCUT2D eigenvalue weighted by atomic mass is 14.7. The first-order valence-electron chi connectivity index (χ1n) is 5.40. The molecule has 1 N–H and O–H groups in total. The SMILES string of the molecule is CCc1[nH]cc(C2C=CC=C2)c1CC. The number of nitrogens with one attached hydrogen (secondary N) is 1. The summed E-state index contributed by atoms with van der Waals surface area (Å²) < 4.78 is 0. The molecule has 1 aliphatic rings. The van der Waals surface area contributed by atoms with Gasteiger partial charge in [0.15, 0.2) is 0 Å². The molecule has 0 unspecified atom stereocenters. The second-order valence-corrected chi connectivity index (χ2v) is 3.70. The summed E-state index contributed by atoms with van der Waals surface area (Å²) in [5.41, 5.74) is 4.36. The maximum absolute atomic E-state index is 3.38. The van der Waals surface area contributed by atoms with E-state index < -0.39 is 0 Å². The van der Waals surface area contributed by atoms with Crippen LogP contribution < -0.4 is 0 Å². The van der Waals surface area contributed by atoms with E-state index in [0.717, 1.165) is 12.8 Å². The molecule has 0 bridgehead atoms. The van der Waals surface area contributed by atoms with Gasteiger partial charge in [-0.1, -0.05) is 38.2 Å². The van der Waals surface area contributed by atoms with Crippen LogP contribution in [0.1, 0.15) is 36.6 Å². The van der Waals surface area contributed by atoms with Crippen molar-refractivity contribution >= 4 is 0 Å². The predicted octanol–water partition coefficient (Wildman–Crippen LogP) is 3.35. The van der Waals surface area contributed by atoms with Crippen molar-refractivity contribution in [2.75, 3.05) is 0 Å². The lowest BCUT2D eigenvalue weighted by Gasteiger charge is -2.07. The van der Waals surface area contributed by atoms with E-state index in [-0.39, 0.29) is 0 Å². The molecule has 1 aromatic heterocycles. The number of hydrogen-bond donors (Lipinski definition) is 1. The van der Waals surface area contributed by atoms with Crippen LogP contribution in [0.3, 0.4) is 0 Å². The van der Waals surface area contributed by atoms with Gasteiger partial charge in [0.1, 0.15) is 0 Å². The van der Waals surface area contributed by atoms with Crippen LogP contribution in [0.4, 0.5) is 0 Å². The second-order valence-electron chi connectivity index (χ2n) is 3.70. The lowest BCUT2D eigenvalue weighted by atomic mass is 9.96. The smallest absolute Gasteiger partial charge is 0.0222 e. The molecule has 1 heterocycles. The van der Waals surface area contributed by atoms with Gasteiger partial charge in [-0.2, -0.15) is 0 Å². The van der Waals surface area contributed by atoms with Crippen LogP contribution in [-0.4, -0.2) is 4.98 Å². The summed E-state index contributed by atoms with van der Waals surface area (Å²) in [6.45, 7) is 4.43. The summed E-state index contributed by atoms with van der Waals surface area (Å²) in [7, 11) is 0. The third kappa shape index (κ3) is 1.43. The van der Waals surface area contributed by atoms with Crippen LogP contribution in [-0.2, 0) is 12.8 Å². The van der Waals surface area contributed by atoms with Gasteiger partial charge in [-0.3, -0.25) is 0 Å². The standard InChI is InChI=1S/C13H17N/c1-3-11-12(9-14-13(11)4-2)10-7-5-6-8-10/h5-10,14H,3-4H2,1-2H3. The molecule has 74 valence electrons. The predicted molar refractivity (Wildman–Crippen MR) is 60.6 cm³/mol. The van der Waals surface area contributed by atoms with Crippen molar-refractivity contribution in [2.45, 2.75) is 32.6 Å². The largest absolute Gasteiger partial charge is 0.364 e. The van der Waals surface area contributed by atoms with Gasteiger partial charge in [0.25, 0.3) is 0 Å². The van der Waals surface area contributed by atoms with Gasteiger partial charge in [-0.05, 0) is 24.0 Å². The minimum atomic E-state index is 0.501. The molecular formula is C13H17N. The van der Waals surface area contributed by atoms with Crippen LogP contribution in [0.15, 0.2) is 30.5 Å². The molecule has 0 spiro atoms.